The van der Waals surface area contributed by atoms with Crippen molar-refractivity contribution in [2.24, 2.45) is 0 Å². The summed E-state index contributed by atoms with van der Waals surface area (Å²) < 4.78 is 58.5. The molecule has 0 fully saturated rings. The predicted molar refractivity (Wildman–Crippen MR) is 157 cm³/mol. The largest absolute Gasteiger partial charge is 0.352 e. The van der Waals surface area contributed by atoms with Crippen molar-refractivity contribution >= 4 is 44.3 Å². The van der Waals surface area contributed by atoms with Gasteiger partial charge in [-0.3, -0.25) is 14.4 Å². The third-order valence-corrected chi connectivity index (χ3v) is 8.26. The summed E-state index contributed by atoms with van der Waals surface area (Å²) >= 11 is 6.28. The number of nitrogens with zero attached hydrogens (tertiary/aromatic N) is 1. The lowest BCUT2D eigenvalue weighted by Crippen LogP contribution is -2.33. The summed E-state index contributed by atoms with van der Waals surface area (Å²) in [6.07, 6.45) is 1.39. The van der Waals surface area contributed by atoms with Gasteiger partial charge in [0, 0.05) is 58.3 Å². The van der Waals surface area contributed by atoms with Crippen molar-refractivity contribution in [1.29, 1.82) is 0 Å². The maximum absolute atomic E-state index is 14.8. The Morgan fingerprint density at radius 1 is 1.00 bits per heavy atom. The van der Waals surface area contributed by atoms with Crippen LogP contribution in [-0.2, 0) is 27.9 Å². The highest BCUT2D eigenvalue weighted by molar-refractivity contribution is 7.90. The van der Waals surface area contributed by atoms with Crippen molar-refractivity contribution in [2.45, 2.75) is 24.9 Å². The number of nitrogens with one attached hydrogen (secondary N) is 3. The zero-order chi connectivity index (χ0) is 30.9. The number of sulfonamides is 1. The molecule has 3 aromatic carbocycles. The highest BCUT2D eigenvalue weighted by Crippen LogP contribution is 2.36. The topological polar surface area (TPSA) is 130 Å². The minimum absolute atomic E-state index is 0.00781. The number of fused-ring (bicyclic) bond motifs is 1. The minimum Gasteiger partial charge on any atom is -0.352 e. The summed E-state index contributed by atoms with van der Waals surface area (Å²) in [4.78, 5) is 40.4. The van der Waals surface area contributed by atoms with Crippen LogP contribution in [0.1, 0.15) is 28.5 Å². The summed E-state index contributed by atoms with van der Waals surface area (Å²) in [7, 11) is -4.45. The van der Waals surface area contributed by atoms with E-state index in [2.05, 4.69) is 15.0 Å². The summed E-state index contributed by atoms with van der Waals surface area (Å²) in [5, 5.41) is 3.20. The first kappa shape index (κ1) is 29.7. The number of hydrogen-bond donors (Lipinski definition) is 3. The third kappa shape index (κ3) is 6.20. The molecule has 0 atom stereocenters. The van der Waals surface area contributed by atoms with E-state index in [-0.39, 0.29) is 51.3 Å². The first-order valence-electron chi connectivity index (χ1n) is 12.8. The molecule has 0 aliphatic heterocycles. The standard InChI is InChI=1S/C30H23ClF2N4O5S/c1-17(38)35-15-18-4-9-22(10-5-18)43(41,42)36-30(40)28-27(23-3-2-12-34-29(23)39)24-13-20(31)7-11-26(24)37(28)16-19-6-8-21(32)14-25(19)33/h2-14H,15-16H2,1H3,(H,34,39)(H,35,38)(H,36,40). The number of halogens is 3. The fourth-order valence-corrected chi connectivity index (χ4v) is 5.81. The molecular weight excluding hydrogens is 602 g/mol. The lowest BCUT2D eigenvalue weighted by molar-refractivity contribution is -0.119. The number of amides is 2. The van der Waals surface area contributed by atoms with Crippen LogP contribution in [0.3, 0.4) is 0 Å². The molecule has 43 heavy (non-hydrogen) atoms. The molecule has 2 aromatic heterocycles. The number of carbonyl (C=O) groups excluding carboxylic acids is 2. The molecule has 0 saturated heterocycles. The number of rotatable bonds is 8. The Labute approximate surface area is 249 Å². The Morgan fingerprint density at radius 2 is 1.74 bits per heavy atom. The second-order valence-electron chi connectivity index (χ2n) is 9.61. The second-order valence-corrected chi connectivity index (χ2v) is 11.7. The zero-order valence-corrected chi connectivity index (χ0v) is 24.0. The molecule has 2 heterocycles. The van der Waals surface area contributed by atoms with Crippen LogP contribution in [0.25, 0.3) is 22.0 Å². The van der Waals surface area contributed by atoms with Gasteiger partial charge in [0.1, 0.15) is 17.3 Å². The fraction of sp³-hybridized carbons (Fsp3) is 0.100. The van der Waals surface area contributed by atoms with Gasteiger partial charge in [0.15, 0.2) is 0 Å². The van der Waals surface area contributed by atoms with Crippen LogP contribution in [0.5, 0.6) is 0 Å². The zero-order valence-electron chi connectivity index (χ0n) is 22.5. The van der Waals surface area contributed by atoms with Crippen molar-refractivity contribution in [3.05, 3.63) is 123 Å². The van der Waals surface area contributed by atoms with Crippen LogP contribution in [0.15, 0.2) is 88.7 Å². The van der Waals surface area contributed by atoms with Crippen LogP contribution in [0, 0.1) is 11.6 Å². The van der Waals surface area contributed by atoms with Gasteiger partial charge >= 0.3 is 0 Å². The molecular formula is C30H23ClF2N4O5S. The Hall–Kier alpha value is -4.81. The smallest absolute Gasteiger partial charge is 0.282 e. The molecule has 2 amide bonds. The van der Waals surface area contributed by atoms with E-state index in [4.69, 9.17) is 11.6 Å². The maximum Gasteiger partial charge on any atom is 0.282 e. The summed E-state index contributed by atoms with van der Waals surface area (Å²) in [5.74, 6) is -3.04. The third-order valence-electron chi connectivity index (χ3n) is 6.67. The number of hydrogen-bond acceptors (Lipinski definition) is 5. The molecule has 220 valence electrons. The highest BCUT2D eigenvalue weighted by atomic mass is 35.5. The summed E-state index contributed by atoms with van der Waals surface area (Å²) in [6.45, 7) is 1.22. The Kier molecular flexibility index (Phi) is 8.16. The van der Waals surface area contributed by atoms with Crippen LogP contribution in [-0.4, -0.2) is 29.8 Å². The minimum atomic E-state index is -4.45. The molecule has 0 saturated carbocycles. The molecule has 0 aliphatic carbocycles. The normalized spacial score (nSPS) is 11.4. The van der Waals surface area contributed by atoms with E-state index in [0.717, 1.165) is 6.07 Å². The molecule has 9 nitrogen and oxygen atoms in total. The van der Waals surface area contributed by atoms with Crippen LogP contribution < -0.4 is 15.6 Å². The van der Waals surface area contributed by atoms with Crippen molar-refractivity contribution in [3.63, 3.8) is 0 Å². The Bertz CT molecular complexity index is 2060. The number of aromatic amines is 1. The molecule has 0 radical (unpaired) electrons. The van der Waals surface area contributed by atoms with Crippen molar-refractivity contribution in [3.8, 4) is 11.1 Å². The molecule has 5 rings (SSSR count). The Morgan fingerprint density at radius 3 is 2.42 bits per heavy atom. The lowest BCUT2D eigenvalue weighted by Gasteiger charge is -2.14. The molecule has 0 spiro atoms. The van der Waals surface area contributed by atoms with Gasteiger partial charge in [-0.2, -0.15) is 0 Å². The van der Waals surface area contributed by atoms with Gasteiger partial charge in [-0.05, 0) is 54.1 Å². The van der Waals surface area contributed by atoms with Crippen molar-refractivity contribution < 1.29 is 26.8 Å². The van der Waals surface area contributed by atoms with E-state index in [1.54, 1.807) is 6.07 Å². The van der Waals surface area contributed by atoms with E-state index in [0.29, 0.717) is 22.5 Å². The SMILES string of the molecule is CC(=O)NCc1ccc(S(=O)(=O)NC(=O)c2c(-c3ccc[nH]c3=O)c3cc(Cl)ccc3n2Cc2ccc(F)cc2F)cc1. The van der Waals surface area contributed by atoms with Gasteiger partial charge in [0.05, 0.1) is 11.4 Å². The van der Waals surface area contributed by atoms with E-state index in [9.17, 15) is 31.6 Å². The quantitative estimate of drug-likeness (QED) is 0.230. The van der Waals surface area contributed by atoms with E-state index >= 15 is 0 Å². The number of aromatic nitrogens is 2. The van der Waals surface area contributed by atoms with Crippen LogP contribution in [0.2, 0.25) is 5.02 Å². The van der Waals surface area contributed by atoms with Crippen molar-refractivity contribution in [1.82, 2.24) is 19.6 Å². The second kappa shape index (κ2) is 11.8. The van der Waals surface area contributed by atoms with Crippen LogP contribution in [0.4, 0.5) is 8.78 Å². The average Bonchev–Trinajstić information content (AvgIpc) is 3.26. The van der Waals surface area contributed by atoms with Gasteiger partial charge in [-0.1, -0.05) is 29.8 Å². The fourth-order valence-electron chi connectivity index (χ4n) is 4.68. The lowest BCUT2D eigenvalue weighted by atomic mass is 10.0. The van der Waals surface area contributed by atoms with E-state index in [1.165, 1.54) is 72.3 Å². The summed E-state index contributed by atoms with van der Waals surface area (Å²) in [5.41, 5.74) is 0.261. The highest BCUT2D eigenvalue weighted by Gasteiger charge is 2.29. The monoisotopic (exact) mass is 624 g/mol. The molecule has 5 aromatic rings. The number of benzene rings is 3. The van der Waals surface area contributed by atoms with Gasteiger partial charge in [-0.25, -0.2) is 21.9 Å². The van der Waals surface area contributed by atoms with Gasteiger partial charge in [0.25, 0.3) is 21.5 Å². The Balaban J connectivity index is 1.66. The number of pyridine rings is 1. The van der Waals surface area contributed by atoms with E-state index < -0.39 is 33.1 Å². The summed E-state index contributed by atoms with van der Waals surface area (Å²) in [6, 6.07) is 16.1. The predicted octanol–water partition coefficient (Wildman–Crippen LogP) is 4.73. The van der Waals surface area contributed by atoms with Crippen molar-refractivity contribution in [2.75, 3.05) is 0 Å². The molecule has 13 heteroatoms. The number of H-pyrrole nitrogens is 1. The first-order valence-corrected chi connectivity index (χ1v) is 14.6. The van der Waals surface area contributed by atoms with Crippen LogP contribution >= 0.6 is 11.6 Å². The molecule has 3 N–H and O–H groups in total. The van der Waals surface area contributed by atoms with E-state index in [1.807, 2.05) is 0 Å². The molecule has 0 bridgehead atoms. The van der Waals surface area contributed by atoms with Gasteiger partial charge in [-0.15, -0.1) is 0 Å². The van der Waals surface area contributed by atoms with Gasteiger partial charge < -0.3 is 14.9 Å². The molecule has 0 unspecified atom stereocenters. The van der Waals surface area contributed by atoms with Gasteiger partial charge in [0.2, 0.25) is 5.91 Å². The first-order chi connectivity index (χ1) is 20.4. The maximum atomic E-state index is 14.8. The number of carbonyl (C=O) groups is 2. The molecule has 0 aliphatic rings. The average molecular weight is 625 g/mol.